The van der Waals surface area contributed by atoms with E-state index in [0.717, 1.165) is 0 Å². The van der Waals surface area contributed by atoms with Crippen LogP contribution in [0.3, 0.4) is 0 Å². The summed E-state index contributed by atoms with van der Waals surface area (Å²) in [6.45, 7) is 6.15. The lowest BCUT2D eigenvalue weighted by Gasteiger charge is -2.21. The van der Waals surface area contributed by atoms with E-state index in [0.29, 0.717) is 28.1 Å². The minimum absolute atomic E-state index is 0. The summed E-state index contributed by atoms with van der Waals surface area (Å²) in [6.07, 6.45) is 0. The number of benzene rings is 1. The fourth-order valence-electron chi connectivity index (χ4n) is 2.16. The van der Waals surface area contributed by atoms with Crippen LogP contribution in [0.25, 0.3) is 5.69 Å². The maximum atomic E-state index is 12.6. The standard InChI is InChI=1S/C16H21Cl2N5O.ClH/c1-9(2)15-20-14(16(24)22(4)10(3)8-19)21-23(15)13-11(17)6-5-7-12(13)18;/h5-7,9-10H,8,19H2,1-4H3;1H. The van der Waals surface area contributed by atoms with Gasteiger partial charge < -0.3 is 10.6 Å². The second kappa shape index (κ2) is 8.85. The van der Waals surface area contributed by atoms with Gasteiger partial charge >= 0.3 is 0 Å². The summed E-state index contributed by atoms with van der Waals surface area (Å²) in [7, 11) is 1.68. The van der Waals surface area contributed by atoms with Crippen molar-refractivity contribution in [3.05, 3.63) is 39.9 Å². The first-order chi connectivity index (χ1) is 11.3. The summed E-state index contributed by atoms with van der Waals surface area (Å²) in [6, 6.07) is 5.08. The number of carbonyl (C=O) groups excluding carboxylic acids is 1. The van der Waals surface area contributed by atoms with Crippen LogP contribution in [0.5, 0.6) is 0 Å². The van der Waals surface area contributed by atoms with Crippen LogP contribution < -0.4 is 5.73 Å². The SMILES string of the molecule is CC(C)c1nc(C(=O)N(C)C(C)CN)nn1-c1c(Cl)cccc1Cl.Cl. The maximum absolute atomic E-state index is 12.6. The highest BCUT2D eigenvalue weighted by Gasteiger charge is 2.25. The van der Waals surface area contributed by atoms with Gasteiger partial charge in [-0.2, -0.15) is 0 Å². The van der Waals surface area contributed by atoms with Gasteiger partial charge in [0.2, 0.25) is 5.82 Å². The molecule has 0 aliphatic carbocycles. The minimum atomic E-state index is -0.295. The highest BCUT2D eigenvalue weighted by molar-refractivity contribution is 6.37. The highest BCUT2D eigenvalue weighted by atomic mass is 35.5. The number of rotatable bonds is 5. The minimum Gasteiger partial charge on any atom is -0.335 e. The normalized spacial score (nSPS) is 12.0. The van der Waals surface area contributed by atoms with E-state index in [1.54, 1.807) is 29.9 Å². The van der Waals surface area contributed by atoms with Gasteiger partial charge in [-0.15, -0.1) is 17.5 Å². The number of hydrogen-bond acceptors (Lipinski definition) is 4. The first-order valence-electron chi connectivity index (χ1n) is 7.66. The van der Waals surface area contributed by atoms with Gasteiger partial charge in [-0.05, 0) is 19.1 Å². The fraction of sp³-hybridized carbons (Fsp3) is 0.438. The number of likely N-dealkylation sites (N-methyl/N-ethyl adjacent to an activating group) is 1. The molecule has 1 amide bonds. The van der Waals surface area contributed by atoms with Gasteiger partial charge in [0.15, 0.2) is 0 Å². The number of halogens is 3. The largest absolute Gasteiger partial charge is 0.335 e. The molecule has 1 heterocycles. The van der Waals surface area contributed by atoms with Crippen molar-refractivity contribution in [3.63, 3.8) is 0 Å². The van der Waals surface area contributed by atoms with E-state index < -0.39 is 0 Å². The van der Waals surface area contributed by atoms with Crippen molar-refractivity contribution in [3.8, 4) is 5.69 Å². The van der Waals surface area contributed by atoms with Gasteiger partial charge in [0.25, 0.3) is 5.91 Å². The van der Waals surface area contributed by atoms with Crippen LogP contribution in [0.1, 0.15) is 43.1 Å². The van der Waals surface area contributed by atoms with Crippen LogP contribution in [0.15, 0.2) is 18.2 Å². The van der Waals surface area contributed by atoms with Crippen LogP contribution in [0.4, 0.5) is 0 Å². The molecule has 25 heavy (non-hydrogen) atoms. The molecule has 0 spiro atoms. The maximum Gasteiger partial charge on any atom is 0.293 e. The monoisotopic (exact) mass is 405 g/mol. The number of para-hydroxylation sites is 1. The lowest BCUT2D eigenvalue weighted by Crippen LogP contribution is -2.40. The Hall–Kier alpha value is -1.34. The first kappa shape index (κ1) is 21.7. The molecule has 1 unspecified atom stereocenters. The molecule has 0 saturated carbocycles. The Morgan fingerprint density at radius 1 is 1.28 bits per heavy atom. The molecule has 2 rings (SSSR count). The molecule has 0 bridgehead atoms. The van der Waals surface area contributed by atoms with Gasteiger partial charge in [0.05, 0.1) is 10.0 Å². The van der Waals surface area contributed by atoms with Gasteiger partial charge in [-0.25, -0.2) is 9.67 Å². The Morgan fingerprint density at radius 2 is 1.84 bits per heavy atom. The molecule has 1 aromatic carbocycles. The van der Waals surface area contributed by atoms with E-state index in [1.807, 2.05) is 20.8 Å². The van der Waals surface area contributed by atoms with Crippen molar-refractivity contribution >= 4 is 41.5 Å². The summed E-state index contributed by atoms with van der Waals surface area (Å²) < 4.78 is 1.55. The summed E-state index contributed by atoms with van der Waals surface area (Å²) >= 11 is 12.6. The molecule has 6 nitrogen and oxygen atoms in total. The second-order valence-corrected chi connectivity index (χ2v) is 6.75. The zero-order valence-electron chi connectivity index (χ0n) is 14.5. The Morgan fingerprint density at radius 3 is 2.32 bits per heavy atom. The third-order valence-corrected chi connectivity index (χ3v) is 4.42. The molecule has 1 atom stereocenters. The van der Waals surface area contributed by atoms with E-state index in [9.17, 15) is 4.79 Å². The van der Waals surface area contributed by atoms with Gasteiger partial charge in [0, 0.05) is 25.6 Å². The average Bonchev–Trinajstić information content (AvgIpc) is 2.97. The molecular formula is C16H22Cl3N5O. The fourth-order valence-corrected chi connectivity index (χ4v) is 2.72. The Balaban J connectivity index is 0.00000312. The molecule has 9 heteroatoms. The van der Waals surface area contributed by atoms with Crippen LogP contribution in [-0.2, 0) is 0 Å². The number of nitrogens with two attached hydrogens (primary N) is 1. The van der Waals surface area contributed by atoms with Crippen molar-refractivity contribution in [1.82, 2.24) is 19.7 Å². The number of hydrogen-bond donors (Lipinski definition) is 1. The van der Waals surface area contributed by atoms with Crippen molar-refractivity contribution in [1.29, 1.82) is 0 Å². The van der Waals surface area contributed by atoms with Gasteiger partial charge in [0.1, 0.15) is 11.5 Å². The quantitative estimate of drug-likeness (QED) is 0.824. The molecule has 2 N–H and O–H groups in total. The van der Waals surface area contributed by atoms with E-state index in [2.05, 4.69) is 10.1 Å². The molecule has 2 aromatic rings. The number of amides is 1. The molecule has 0 fully saturated rings. The summed E-state index contributed by atoms with van der Waals surface area (Å²) in [5.74, 6) is 0.444. The molecule has 0 aliphatic heterocycles. The Bertz CT molecular complexity index is 727. The summed E-state index contributed by atoms with van der Waals surface area (Å²) in [4.78, 5) is 18.5. The zero-order chi connectivity index (χ0) is 18.0. The predicted octanol–water partition coefficient (Wildman–Crippen LogP) is 3.54. The van der Waals surface area contributed by atoms with E-state index in [1.165, 1.54) is 4.90 Å². The zero-order valence-corrected chi connectivity index (χ0v) is 16.9. The van der Waals surface area contributed by atoms with Crippen molar-refractivity contribution < 1.29 is 4.79 Å². The van der Waals surface area contributed by atoms with Crippen LogP contribution >= 0.6 is 35.6 Å². The summed E-state index contributed by atoms with van der Waals surface area (Å²) in [5, 5.41) is 5.25. The Kier molecular flexibility index (Phi) is 7.68. The third kappa shape index (κ3) is 4.44. The summed E-state index contributed by atoms with van der Waals surface area (Å²) in [5.41, 5.74) is 6.15. The van der Waals surface area contributed by atoms with Crippen molar-refractivity contribution in [2.24, 2.45) is 5.73 Å². The molecule has 138 valence electrons. The topological polar surface area (TPSA) is 77.0 Å². The molecule has 1 aromatic heterocycles. The molecule has 0 radical (unpaired) electrons. The van der Waals surface area contributed by atoms with E-state index >= 15 is 0 Å². The number of nitrogens with zero attached hydrogens (tertiary/aromatic N) is 4. The lowest BCUT2D eigenvalue weighted by atomic mass is 10.2. The van der Waals surface area contributed by atoms with Crippen LogP contribution in [-0.4, -0.2) is 45.2 Å². The van der Waals surface area contributed by atoms with E-state index in [-0.39, 0.29) is 36.1 Å². The molecule has 0 saturated heterocycles. The van der Waals surface area contributed by atoms with Crippen molar-refractivity contribution in [2.45, 2.75) is 32.7 Å². The van der Waals surface area contributed by atoms with Gasteiger partial charge in [-0.1, -0.05) is 43.1 Å². The predicted molar refractivity (Wildman–Crippen MR) is 103 cm³/mol. The number of aromatic nitrogens is 3. The Labute approximate surface area is 163 Å². The van der Waals surface area contributed by atoms with E-state index in [4.69, 9.17) is 28.9 Å². The lowest BCUT2D eigenvalue weighted by molar-refractivity contribution is 0.0736. The van der Waals surface area contributed by atoms with Crippen LogP contribution in [0, 0.1) is 0 Å². The molecule has 0 aliphatic rings. The first-order valence-corrected chi connectivity index (χ1v) is 8.42. The van der Waals surface area contributed by atoms with Crippen LogP contribution in [0.2, 0.25) is 10.0 Å². The molecular weight excluding hydrogens is 385 g/mol. The third-order valence-electron chi connectivity index (χ3n) is 3.81. The average molecular weight is 407 g/mol. The smallest absolute Gasteiger partial charge is 0.293 e. The van der Waals surface area contributed by atoms with Gasteiger partial charge in [-0.3, -0.25) is 4.79 Å². The van der Waals surface area contributed by atoms with Crippen molar-refractivity contribution in [2.75, 3.05) is 13.6 Å². The second-order valence-electron chi connectivity index (χ2n) is 5.93. The highest BCUT2D eigenvalue weighted by Crippen LogP contribution is 2.30. The number of carbonyl (C=O) groups is 1.